The molecular weight excluding hydrogens is 292 g/mol. The van der Waals surface area contributed by atoms with Crippen molar-refractivity contribution in [3.8, 4) is 5.69 Å². The summed E-state index contributed by atoms with van der Waals surface area (Å²) in [6.45, 7) is 0.580. The van der Waals surface area contributed by atoms with Gasteiger partial charge in [-0.2, -0.15) is 0 Å². The molecule has 3 N–H and O–H groups in total. The number of nitrogens with zero attached hydrogens (tertiary/aromatic N) is 3. The molecule has 0 saturated carbocycles. The quantitative estimate of drug-likeness (QED) is 0.741. The highest BCUT2D eigenvalue weighted by Gasteiger charge is 2.15. The first-order valence-electron chi connectivity index (χ1n) is 6.26. The number of aliphatic carboxylic acids is 1. The van der Waals surface area contributed by atoms with Crippen molar-refractivity contribution in [1.29, 1.82) is 0 Å². The number of carbonyl (C=O) groups is 1. The van der Waals surface area contributed by atoms with Crippen LogP contribution in [0.3, 0.4) is 0 Å². The molecule has 0 fully saturated rings. The molecule has 0 aliphatic carbocycles. The number of ether oxygens (including phenoxy) is 1. The third-order valence-electron chi connectivity index (χ3n) is 2.79. The Bertz CT molecular complexity index is 630. The Morgan fingerprint density at radius 3 is 2.90 bits per heavy atom. The number of para-hydroxylation sites is 1. The number of carboxylic acids is 1. The summed E-state index contributed by atoms with van der Waals surface area (Å²) in [6, 6.07) is 7.69. The fourth-order valence-corrected chi connectivity index (χ4v) is 2.55. The van der Waals surface area contributed by atoms with Crippen LogP contribution in [-0.2, 0) is 16.0 Å². The summed E-state index contributed by atoms with van der Waals surface area (Å²) in [6.07, 6.45) is 0.716. The van der Waals surface area contributed by atoms with E-state index in [0.29, 0.717) is 18.2 Å². The van der Waals surface area contributed by atoms with Gasteiger partial charge in [0.2, 0.25) is 5.95 Å². The van der Waals surface area contributed by atoms with E-state index in [1.165, 1.54) is 0 Å². The predicted molar refractivity (Wildman–Crippen MR) is 79.7 cm³/mol. The van der Waals surface area contributed by atoms with Crippen molar-refractivity contribution in [3.05, 3.63) is 29.8 Å². The van der Waals surface area contributed by atoms with Crippen molar-refractivity contribution >= 4 is 23.7 Å². The minimum absolute atomic E-state index is 0.0988. The Hall–Kier alpha value is -2.06. The first-order valence-corrected chi connectivity index (χ1v) is 7.24. The predicted octanol–water partition coefficient (Wildman–Crippen LogP) is 1.22. The van der Waals surface area contributed by atoms with Gasteiger partial charge in [0.25, 0.3) is 0 Å². The van der Waals surface area contributed by atoms with Crippen molar-refractivity contribution in [1.82, 2.24) is 14.8 Å². The van der Waals surface area contributed by atoms with E-state index < -0.39 is 5.97 Å². The molecule has 0 spiro atoms. The van der Waals surface area contributed by atoms with E-state index in [0.717, 1.165) is 23.0 Å². The molecule has 0 unspecified atom stereocenters. The number of hydrogen-bond donors (Lipinski definition) is 2. The molecule has 2 rings (SSSR count). The molecule has 0 bridgehead atoms. The average Bonchev–Trinajstić information content (AvgIpc) is 2.84. The Morgan fingerprint density at radius 1 is 1.43 bits per heavy atom. The second kappa shape index (κ2) is 7.09. The van der Waals surface area contributed by atoms with Gasteiger partial charge in [-0.15, -0.1) is 10.2 Å². The van der Waals surface area contributed by atoms with E-state index in [4.69, 9.17) is 15.6 Å². The van der Waals surface area contributed by atoms with Crippen LogP contribution in [0, 0.1) is 0 Å². The van der Waals surface area contributed by atoms with Gasteiger partial charge in [0.1, 0.15) is 0 Å². The van der Waals surface area contributed by atoms with Crippen molar-refractivity contribution in [2.24, 2.45) is 0 Å². The Balaban J connectivity index is 2.37. The topological polar surface area (TPSA) is 103 Å². The average molecular weight is 308 g/mol. The van der Waals surface area contributed by atoms with Crippen LogP contribution < -0.4 is 5.73 Å². The minimum atomic E-state index is -0.916. The largest absolute Gasteiger partial charge is 0.481 e. The van der Waals surface area contributed by atoms with Gasteiger partial charge in [-0.05, 0) is 18.1 Å². The summed E-state index contributed by atoms with van der Waals surface area (Å²) in [5, 5.41) is 17.0. The summed E-state index contributed by atoms with van der Waals surface area (Å²) >= 11 is 1.08. The highest BCUT2D eigenvalue weighted by Crippen LogP contribution is 2.25. The van der Waals surface area contributed by atoms with Crippen molar-refractivity contribution < 1.29 is 14.6 Å². The molecule has 0 amide bonds. The fourth-order valence-electron chi connectivity index (χ4n) is 1.88. The number of rotatable bonds is 7. The molecule has 0 aliphatic rings. The van der Waals surface area contributed by atoms with Gasteiger partial charge in [-0.1, -0.05) is 30.0 Å². The monoisotopic (exact) mass is 308 g/mol. The van der Waals surface area contributed by atoms with E-state index in [2.05, 4.69) is 10.2 Å². The molecule has 1 heterocycles. The second-order valence-electron chi connectivity index (χ2n) is 4.23. The standard InChI is InChI=1S/C13H16N4O3S/c1-20-7-6-9-4-2-3-5-10(9)17-12(14)15-16-13(17)21-8-11(18)19/h2-5H,6-8H2,1H3,(H2,14,15)(H,18,19). The van der Waals surface area contributed by atoms with Crippen LogP contribution in [0.25, 0.3) is 5.69 Å². The highest BCUT2D eigenvalue weighted by atomic mass is 32.2. The van der Waals surface area contributed by atoms with Gasteiger partial charge >= 0.3 is 5.97 Å². The van der Waals surface area contributed by atoms with Gasteiger partial charge < -0.3 is 15.6 Å². The number of anilines is 1. The molecule has 0 aliphatic heterocycles. The van der Waals surface area contributed by atoms with E-state index in [1.54, 1.807) is 11.7 Å². The van der Waals surface area contributed by atoms with Crippen LogP contribution in [0.15, 0.2) is 29.4 Å². The maximum Gasteiger partial charge on any atom is 0.313 e. The molecule has 0 saturated heterocycles. The number of nitrogen functional groups attached to an aromatic ring is 1. The van der Waals surface area contributed by atoms with Crippen LogP contribution in [0.1, 0.15) is 5.56 Å². The highest BCUT2D eigenvalue weighted by molar-refractivity contribution is 7.99. The van der Waals surface area contributed by atoms with Gasteiger partial charge in [0.15, 0.2) is 5.16 Å². The Labute approximate surface area is 126 Å². The lowest BCUT2D eigenvalue weighted by Crippen LogP contribution is -2.08. The molecule has 2 aromatic rings. The number of aromatic nitrogens is 3. The number of benzene rings is 1. The van der Waals surface area contributed by atoms with Crippen LogP contribution in [0.2, 0.25) is 0 Å². The summed E-state index contributed by atoms with van der Waals surface area (Å²) in [5.41, 5.74) is 7.74. The normalized spacial score (nSPS) is 10.7. The molecule has 21 heavy (non-hydrogen) atoms. The zero-order valence-electron chi connectivity index (χ0n) is 11.5. The second-order valence-corrected chi connectivity index (χ2v) is 5.17. The smallest absolute Gasteiger partial charge is 0.313 e. The minimum Gasteiger partial charge on any atom is -0.481 e. The first kappa shape index (κ1) is 15.3. The number of methoxy groups -OCH3 is 1. The maximum absolute atomic E-state index is 10.7. The van der Waals surface area contributed by atoms with Crippen LogP contribution >= 0.6 is 11.8 Å². The van der Waals surface area contributed by atoms with Crippen LogP contribution in [-0.4, -0.2) is 45.3 Å². The van der Waals surface area contributed by atoms with Crippen molar-refractivity contribution in [2.45, 2.75) is 11.6 Å². The molecule has 1 aromatic heterocycles. The van der Waals surface area contributed by atoms with Crippen LogP contribution in [0.5, 0.6) is 0 Å². The van der Waals surface area contributed by atoms with E-state index in [1.807, 2.05) is 24.3 Å². The number of nitrogens with two attached hydrogens (primary N) is 1. The lowest BCUT2D eigenvalue weighted by molar-refractivity contribution is -0.133. The van der Waals surface area contributed by atoms with Gasteiger partial charge in [-0.3, -0.25) is 9.36 Å². The van der Waals surface area contributed by atoms with E-state index >= 15 is 0 Å². The molecular formula is C13H16N4O3S. The molecule has 7 nitrogen and oxygen atoms in total. The van der Waals surface area contributed by atoms with Crippen LogP contribution in [0.4, 0.5) is 5.95 Å². The first-order chi connectivity index (χ1) is 10.1. The third-order valence-corrected chi connectivity index (χ3v) is 3.70. The fraction of sp³-hybridized carbons (Fsp3) is 0.308. The van der Waals surface area contributed by atoms with Crippen molar-refractivity contribution in [3.63, 3.8) is 0 Å². The van der Waals surface area contributed by atoms with E-state index in [9.17, 15) is 4.79 Å². The lowest BCUT2D eigenvalue weighted by atomic mass is 10.1. The summed E-state index contributed by atoms with van der Waals surface area (Å²) in [7, 11) is 1.64. The summed E-state index contributed by atoms with van der Waals surface area (Å²) in [4.78, 5) is 10.7. The van der Waals surface area contributed by atoms with Crippen molar-refractivity contribution in [2.75, 3.05) is 25.2 Å². The summed E-state index contributed by atoms with van der Waals surface area (Å²) in [5.74, 6) is -0.785. The molecule has 8 heteroatoms. The molecule has 0 radical (unpaired) electrons. The Morgan fingerprint density at radius 2 is 2.19 bits per heavy atom. The molecule has 112 valence electrons. The third kappa shape index (κ3) is 3.73. The van der Waals surface area contributed by atoms with E-state index in [-0.39, 0.29) is 11.7 Å². The number of carboxylic acid groups (broad SMARTS) is 1. The van der Waals surface area contributed by atoms with Gasteiger partial charge in [0, 0.05) is 7.11 Å². The molecule has 1 aromatic carbocycles. The number of hydrogen-bond acceptors (Lipinski definition) is 6. The van der Waals surface area contributed by atoms with Gasteiger partial charge in [-0.25, -0.2) is 0 Å². The SMILES string of the molecule is COCCc1ccccc1-n1c(N)nnc1SCC(=O)O. The zero-order valence-corrected chi connectivity index (χ0v) is 12.3. The van der Waals surface area contributed by atoms with Gasteiger partial charge in [0.05, 0.1) is 18.0 Å². The molecule has 0 atom stereocenters. The summed E-state index contributed by atoms with van der Waals surface area (Å²) < 4.78 is 6.77. The maximum atomic E-state index is 10.7. The lowest BCUT2D eigenvalue weighted by Gasteiger charge is -2.12. The zero-order chi connectivity index (χ0) is 15.2. The Kier molecular flexibility index (Phi) is 5.18. The number of thioether (sulfide) groups is 1.